The van der Waals surface area contributed by atoms with Crippen LogP contribution in [0, 0.1) is 0 Å². The maximum absolute atomic E-state index is 11.5. The maximum atomic E-state index is 11.5. The zero-order valence-electron chi connectivity index (χ0n) is 10.8. The van der Waals surface area contributed by atoms with Gasteiger partial charge in [-0.25, -0.2) is 0 Å². The van der Waals surface area contributed by atoms with Gasteiger partial charge < -0.3 is 11.1 Å². The van der Waals surface area contributed by atoms with E-state index < -0.39 is 6.04 Å². The van der Waals surface area contributed by atoms with Crippen LogP contribution in [0.25, 0.3) is 10.9 Å². The molecule has 1 aromatic heterocycles. The fraction of sp³-hybridized carbons (Fsp3) is 0.385. The van der Waals surface area contributed by atoms with Gasteiger partial charge in [0.05, 0.1) is 17.8 Å². The summed E-state index contributed by atoms with van der Waals surface area (Å²) < 4.78 is 1.93. The molecule has 0 spiro atoms. The molecular weight excluding hydrogens is 228 g/mol. The number of aromatic nitrogens is 2. The molecule has 0 aliphatic rings. The van der Waals surface area contributed by atoms with Gasteiger partial charge in [0, 0.05) is 17.1 Å². The largest absolute Gasteiger partial charge is 0.325 e. The van der Waals surface area contributed by atoms with Crippen LogP contribution in [0.4, 0.5) is 5.69 Å². The Labute approximate surface area is 106 Å². The highest BCUT2D eigenvalue weighted by atomic mass is 16.2. The van der Waals surface area contributed by atoms with Crippen molar-refractivity contribution in [2.75, 3.05) is 5.32 Å². The second-order valence-corrected chi connectivity index (χ2v) is 4.73. The van der Waals surface area contributed by atoms with Crippen molar-refractivity contribution in [3.63, 3.8) is 0 Å². The molecule has 0 saturated carbocycles. The highest BCUT2D eigenvalue weighted by molar-refractivity contribution is 5.96. The number of rotatable bonds is 3. The SMILES string of the molecule is CC(C)n1ncc2ccc(NC(=O)[C@H](C)N)cc21. The lowest BCUT2D eigenvalue weighted by atomic mass is 10.2. The number of hydrogen-bond donors (Lipinski definition) is 2. The molecule has 2 aromatic rings. The Morgan fingerprint density at radius 1 is 1.39 bits per heavy atom. The number of benzene rings is 1. The van der Waals surface area contributed by atoms with Gasteiger partial charge in [-0.1, -0.05) is 0 Å². The molecule has 1 amide bonds. The van der Waals surface area contributed by atoms with E-state index in [4.69, 9.17) is 5.73 Å². The summed E-state index contributed by atoms with van der Waals surface area (Å²) in [6, 6.07) is 5.48. The van der Waals surface area contributed by atoms with Gasteiger partial charge >= 0.3 is 0 Å². The Morgan fingerprint density at radius 2 is 2.11 bits per heavy atom. The molecule has 0 aliphatic heterocycles. The summed E-state index contributed by atoms with van der Waals surface area (Å²) in [6.45, 7) is 5.80. The van der Waals surface area contributed by atoms with Gasteiger partial charge in [-0.2, -0.15) is 5.10 Å². The molecule has 5 nitrogen and oxygen atoms in total. The first-order valence-corrected chi connectivity index (χ1v) is 6.02. The minimum atomic E-state index is -0.518. The fourth-order valence-corrected chi connectivity index (χ4v) is 1.78. The van der Waals surface area contributed by atoms with Crippen LogP contribution >= 0.6 is 0 Å². The zero-order chi connectivity index (χ0) is 13.3. The lowest BCUT2D eigenvalue weighted by molar-refractivity contribution is -0.117. The third-order valence-corrected chi connectivity index (χ3v) is 2.77. The second-order valence-electron chi connectivity index (χ2n) is 4.73. The Morgan fingerprint density at radius 3 is 2.72 bits per heavy atom. The highest BCUT2D eigenvalue weighted by Gasteiger charge is 2.10. The first kappa shape index (κ1) is 12.6. The van der Waals surface area contributed by atoms with Crippen LogP contribution in [0.5, 0.6) is 0 Å². The number of anilines is 1. The average Bonchev–Trinajstić information content (AvgIpc) is 2.71. The number of nitrogens with zero attached hydrogens (tertiary/aromatic N) is 2. The lowest BCUT2D eigenvalue weighted by Crippen LogP contribution is -2.32. The summed E-state index contributed by atoms with van der Waals surface area (Å²) in [6.07, 6.45) is 1.83. The van der Waals surface area contributed by atoms with E-state index in [1.807, 2.05) is 29.1 Å². The van der Waals surface area contributed by atoms with E-state index in [0.29, 0.717) is 0 Å². The van der Waals surface area contributed by atoms with Crippen molar-refractivity contribution in [3.05, 3.63) is 24.4 Å². The third-order valence-electron chi connectivity index (χ3n) is 2.77. The molecule has 0 fully saturated rings. The van der Waals surface area contributed by atoms with E-state index in [1.54, 1.807) is 6.92 Å². The summed E-state index contributed by atoms with van der Waals surface area (Å²) in [7, 11) is 0. The molecule has 0 radical (unpaired) electrons. The fourth-order valence-electron chi connectivity index (χ4n) is 1.78. The van der Waals surface area contributed by atoms with E-state index >= 15 is 0 Å². The van der Waals surface area contributed by atoms with Gasteiger partial charge in [0.25, 0.3) is 0 Å². The van der Waals surface area contributed by atoms with Crippen LogP contribution in [0.15, 0.2) is 24.4 Å². The van der Waals surface area contributed by atoms with Crippen molar-refractivity contribution in [2.24, 2.45) is 5.73 Å². The molecule has 96 valence electrons. The Bertz CT molecular complexity index is 571. The Hall–Kier alpha value is -1.88. The quantitative estimate of drug-likeness (QED) is 0.868. The molecule has 1 atom stereocenters. The Balaban J connectivity index is 2.36. The topological polar surface area (TPSA) is 72.9 Å². The first-order chi connectivity index (χ1) is 8.49. The van der Waals surface area contributed by atoms with Crippen LogP contribution in [0.2, 0.25) is 0 Å². The van der Waals surface area contributed by atoms with Crippen LogP contribution in [0.1, 0.15) is 26.8 Å². The number of hydrogen-bond acceptors (Lipinski definition) is 3. The third kappa shape index (κ3) is 2.36. The monoisotopic (exact) mass is 246 g/mol. The smallest absolute Gasteiger partial charge is 0.240 e. The van der Waals surface area contributed by atoms with Crippen LogP contribution in [0.3, 0.4) is 0 Å². The van der Waals surface area contributed by atoms with Crippen LogP contribution in [-0.2, 0) is 4.79 Å². The van der Waals surface area contributed by atoms with Crippen molar-refractivity contribution in [1.82, 2.24) is 9.78 Å². The lowest BCUT2D eigenvalue weighted by Gasteiger charge is -2.10. The molecular formula is C13H18N4O. The minimum absolute atomic E-state index is 0.190. The van der Waals surface area contributed by atoms with E-state index in [2.05, 4.69) is 24.3 Å². The van der Waals surface area contributed by atoms with Gasteiger partial charge in [0.15, 0.2) is 0 Å². The van der Waals surface area contributed by atoms with Gasteiger partial charge in [-0.05, 0) is 39.0 Å². The standard InChI is InChI=1S/C13H18N4O/c1-8(2)17-12-6-11(16-13(18)9(3)14)5-4-10(12)7-15-17/h4-9H,14H2,1-3H3,(H,16,18)/t9-/m0/s1. The summed E-state index contributed by atoms with van der Waals surface area (Å²) in [5.74, 6) is -0.190. The van der Waals surface area contributed by atoms with E-state index in [-0.39, 0.29) is 11.9 Å². The van der Waals surface area contributed by atoms with Crippen molar-refractivity contribution in [2.45, 2.75) is 32.9 Å². The van der Waals surface area contributed by atoms with Crippen molar-refractivity contribution >= 4 is 22.5 Å². The van der Waals surface area contributed by atoms with Crippen molar-refractivity contribution < 1.29 is 4.79 Å². The van der Waals surface area contributed by atoms with E-state index in [0.717, 1.165) is 16.6 Å². The molecule has 0 saturated heterocycles. The molecule has 3 N–H and O–H groups in total. The molecule has 2 rings (SSSR count). The maximum Gasteiger partial charge on any atom is 0.240 e. The number of nitrogens with one attached hydrogen (secondary N) is 1. The number of carbonyl (C=O) groups is 1. The van der Waals surface area contributed by atoms with Crippen LogP contribution < -0.4 is 11.1 Å². The second kappa shape index (κ2) is 4.78. The Kier molecular flexibility index (Phi) is 3.34. The molecule has 1 aromatic carbocycles. The average molecular weight is 246 g/mol. The van der Waals surface area contributed by atoms with Gasteiger partial charge in [0.1, 0.15) is 0 Å². The molecule has 0 bridgehead atoms. The van der Waals surface area contributed by atoms with Crippen LogP contribution in [-0.4, -0.2) is 21.7 Å². The molecule has 18 heavy (non-hydrogen) atoms. The van der Waals surface area contributed by atoms with Crippen molar-refractivity contribution in [1.29, 1.82) is 0 Å². The first-order valence-electron chi connectivity index (χ1n) is 6.02. The minimum Gasteiger partial charge on any atom is -0.325 e. The summed E-state index contributed by atoms with van der Waals surface area (Å²) in [5.41, 5.74) is 7.27. The van der Waals surface area contributed by atoms with E-state index in [9.17, 15) is 4.79 Å². The highest BCUT2D eigenvalue weighted by Crippen LogP contribution is 2.21. The molecule has 0 unspecified atom stereocenters. The van der Waals surface area contributed by atoms with Gasteiger partial charge in [-0.15, -0.1) is 0 Å². The predicted molar refractivity (Wildman–Crippen MR) is 72.4 cm³/mol. The van der Waals surface area contributed by atoms with Gasteiger partial charge in [-0.3, -0.25) is 9.48 Å². The molecule has 0 aliphatic carbocycles. The summed E-state index contributed by atoms with van der Waals surface area (Å²) >= 11 is 0. The predicted octanol–water partition coefficient (Wildman–Crippen LogP) is 1.90. The van der Waals surface area contributed by atoms with Gasteiger partial charge in [0.2, 0.25) is 5.91 Å². The summed E-state index contributed by atoms with van der Waals surface area (Å²) in [4.78, 5) is 11.5. The molecule has 1 heterocycles. The van der Waals surface area contributed by atoms with Crippen molar-refractivity contribution in [3.8, 4) is 0 Å². The number of amides is 1. The zero-order valence-corrected chi connectivity index (χ0v) is 10.8. The number of fused-ring (bicyclic) bond motifs is 1. The normalized spacial score (nSPS) is 12.9. The molecule has 5 heteroatoms. The van der Waals surface area contributed by atoms with E-state index in [1.165, 1.54) is 0 Å². The summed E-state index contributed by atoms with van der Waals surface area (Å²) in [5, 5.41) is 8.17. The number of nitrogens with two attached hydrogens (primary N) is 1. The number of carbonyl (C=O) groups excluding carboxylic acids is 1.